The van der Waals surface area contributed by atoms with Crippen LogP contribution in [0.4, 0.5) is 8.78 Å². The topological polar surface area (TPSA) is 97.2 Å². The molecule has 2 aliphatic carbocycles. The van der Waals surface area contributed by atoms with Gasteiger partial charge in [-0.3, -0.25) is 4.99 Å². The van der Waals surface area contributed by atoms with Gasteiger partial charge in [0, 0.05) is 23.1 Å². The number of alkyl halides is 2. The van der Waals surface area contributed by atoms with Crippen LogP contribution in [0.2, 0.25) is 0 Å². The summed E-state index contributed by atoms with van der Waals surface area (Å²) in [4.78, 5) is 5.05. The SMILES string of the molecule is COc1cc2c(cc1OC(F)F)C(c1cccc(S(=O)(=O)NC3CC3)c1)=NC1CCC(O)CC21. The highest BCUT2D eigenvalue weighted by molar-refractivity contribution is 7.89. The number of sulfonamides is 1. The zero-order valence-electron chi connectivity index (χ0n) is 18.6. The number of hydrogen-bond donors (Lipinski definition) is 2. The lowest BCUT2D eigenvalue weighted by atomic mass is 9.74. The molecule has 3 aliphatic rings. The van der Waals surface area contributed by atoms with Gasteiger partial charge in [0.15, 0.2) is 11.5 Å². The molecular formula is C24H26F2N2O5S. The minimum atomic E-state index is -3.68. The Morgan fingerprint density at radius 1 is 1.12 bits per heavy atom. The molecule has 2 saturated carbocycles. The number of rotatable bonds is 7. The third-order valence-electron chi connectivity index (χ3n) is 6.60. The first-order chi connectivity index (χ1) is 16.2. The van der Waals surface area contributed by atoms with Crippen LogP contribution in [0.3, 0.4) is 0 Å². The molecule has 0 aromatic heterocycles. The van der Waals surface area contributed by atoms with Crippen LogP contribution >= 0.6 is 0 Å². The van der Waals surface area contributed by atoms with Crippen LogP contribution in [0.1, 0.15) is 54.7 Å². The standard InChI is InChI=1S/C24H26F2N2O5S/c1-32-21-11-17-18-10-15(29)7-8-20(18)27-23(19(17)12-22(21)33-24(25)26)13-3-2-4-16(9-13)34(30,31)28-14-5-6-14/h2-4,9,11-12,14-15,18,20,24,28-29H,5-8,10H2,1H3. The molecule has 3 atom stereocenters. The van der Waals surface area contributed by atoms with Gasteiger partial charge in [-0.15, -0.1) is 0 Å². The number of nitrogens with zero attached hydrogens (tertiary/aromatic N) is 1. The first kappa shape index (κ1) is 23.2. The molecule has 2 aromatic rings. The van der Waals surface area contributed by atoms with Crippen molar-refractivity contribution in [3.05, 3.63) is 53.1 Å². The molecule has 2 aromatic carbocycles. The van der Waals surface area contributed by atoms with E-state index in [-0.39, 0.29) is 34.4 Å². The lowest BCUT2D eigenvalue weighted by molar-refractivity contribution is -0.0512. The van der Waals surface area contributed by atoms with Crippen LogP contribution in [0, 0.1) is 0 Å². The lowest BCUT2D eigenvalue weighted by Crippen LogP contribution is -2.34. The number of halogens is 2. The van der Waals surface area contributed by atoms with Crippen molar-refractivity contribution in [3.8, 4) is 11.5 Å². The Labute approximate surface area is 196 Å². The van der Waals surface area contributed by atoms with Crippen molar-refractivity contribution in [1.29, 1.82) is 0 Å². The summed E-state index contributed by atoms with van der Waals surface area (Å²) in [6.45, 7) is -3.04. The number of aliphatic hydroxyl groups is 1. The predicted octanol–water partition coefficient (Wildman–Crippen LogP) is 3.59. The quantitative estimate of drug-likeness (QED) is 0.616. The average Bonchev–Trinajstić information content (AvgIpc) is 3.61. The van der Waals surface area contributed by atoms with Gasteiger partial charge in [0.05, 0.1) is 29.9 Å². The Bertz CT molecular complexity index is 1230. The van der Waals surface area contributed by atoms with E-state index >= 15 is 0 Å². The maximum absolute atomic E-state index is 13.1. The second kappa shape index (κ2) is 8.90. The van der Waals surface area contributed by atoms with Crippen LogP contribution in [0.25, 0.3) is 0 Å². The van der Waals surface area contributed by atoms with Crippen LogP contribution in [0.15, 0.2) is 46.3 Å². The van der Waals surface area contributed by atoms with Crippen molar-refractivity contribution in [2.24, 2.45) is 4.99 Å². The van der Waals surface area contributed by atoms with Crippen molar-refractivity contribution in [2.75, 3.05) is 7.11 Å². The maximum Gasteiger partial charge on any atom is 0.387 e. The first-order valence-corrected chi connectivity index (χ1v) is 12.8. The molecule has 2 N–H and O–H groups in total. The lowest BCUT2D eigenvalue weighted by Gasteiger charge is -2.37. The summed E-state index contributed by atoms with van der Waals surface area (Å²) >= 11 is 0. The second-order valence-electron chi connectivity index (χ2n) is 9.01. The van der Waals surface area contributed by atoms with Gasteiger partial charge in [-0.1, -0.05) is 12.1 Å². The molecule has 34 heavy (non-hydrogen) atoms. The van der Waals surface area contributed by atoms with Crippen molar-refractivity contribution in [3.63, 3.8) is 0 Å². The molecule has 182 valence electrons. The number of aliphatic imine (C=N–C) groups is 1. The number of methoxy groups -OCH3 is 1. The maximum atomic E-state index is 13.1. The van der Waals surface area contributed by atoms with E-state index in [1.807, 2.05) is 0 Å². The van der Waals surface area contributed by atoms with E-state index in [1.165, 1.54) is 19.2 Å². The fraction of sp³-hybridized carbons (Fsp3) is 0.458. The monoisotopic (exact) mass is 492 g/mol. The fourth-order valence-electron chi connectivity index (χ4n) is 4.82. The molecule has 0 saturated heterocycles. The highest BCUT2D eigenvalue weighted by Crippen LogP contribution is 2.45. The normalized spacial score (nSPS) is 24.3. The predicted molar refractivity (Wildman–Crippen MR) is 121 cm³/mol. The summed E-state index contributed by atoms with van der Waals surface area (Å²) in [5, 5.41) is 10.3. The van der Waals surface area contributed by atoms with Gasteiger partial charge in [-0.2, -0.15) is 8.78 Å². The molecule has 0 spiro atoms. The Morgan fingerprint density at radius 2 is 1.91 bits per heavy atom. The van der Waals surface area contributed by atoms with Gasteiger partial charge in [-0.05, 0) is 61.9 Å². The average molecular weight is 493 g/mol. The van der Waals surface area contributed by atoms with Gasteiger partial charge in [0.25, 0.3) is 0 Å². The molecule has 0 radical (unpaired) electrons. The van der Waals surface area contributed by atoms with Crippen molar-refractivity contribution in [2.45, 2.75) is 67.7 Å². The van der Waals surface area contributed by atoms with E-state index < -0.39 is 22.7 Å². The summed E-state index contributed by atoms with van der Waals surface area (Å²) < 4.78 is 64.4. The Kier molecular flexibility index (Phi) is 6.07. The van der Waals surface area contributed by atoms with Gasteiger partial charge in [0.1, 0.15) is 0 Å². The molecular weight excluding hydrogens is 466 g/mol. The van der Waals surface area contributed by atoms with E-state index in [0.717, 1.165) is 18.4 Å². The summed E-state index contributed by atoms with van der Waals surface area (Å²) in [6.07, 6.45) is 2.93. The molecule has 1 heterocycles. The van der Waals surface area contributed by atoms with E-state index in [2.05, 4.69) is 4.72 Å². The van der Waals surface area contributed by atoms with Crippen molar-refractivity contribution >= 4 is 15.7 Å². The summed E-state index contributed by atoms with van der Waals surface area (Å²) in [7, 11) is -2.30. The highest BCUT2D eigenvalue weighted by atomic mass is 32.2. The van der Waals surface area contributed by atoms with Crippen LogP contribution in [-0.2, 0) is 10.0 Å². The molecule has 10 heteroatoms. The van der Waals surface area contributed by atoms with Gasteiger partial charge in [0.2, 0.25) is 10.0 Å². The molecule has 5 rings (SSSR count). The minimum absolute atomic E-state index is 0.0302. The molecule has 0 amide bonds. The smallest absolute Gasteiger partial charge is 0.387 e. The summed E-state index contributed by atoms with van der Waals surface area (Å²) in [6, 6.07) is 9.48. The van der Waals surface area contributed by atoms with Gasteiger partial charge < -0.3 is 14.6 Å². The number of benzene rings is 2. The number of nitrogens with one attached hydrogen (secondary N) is 1. The highest BCUT2D eigenvalue weighted by Gasteiger charge is 2.38. The zero-order chi connectivity index (χ0) is 24.0. The van der Waals surface area contributed by atoms with E-state index in [1.54, 1.807) is 24.3 Å². The minimum Gasteiger partial charge on any atom is -0.493 e. The van der Waals surface area contributed by atoms with Crippen molar-refractivity contribution in [1.82, 2.24) is 4.72 Å². The largest absolute Gasteiger partial charge is 0.493 e. The van der Waals surface area contributed by atoms with Crippen molar-refractivity contribution < 1.29 is 31.8 Å². The van der Waals surface area contributed by atoms with E-state index in [4.69, 9.17) is 14.5 Å². The molecule has 2 fully saturated rings. The van der Waals surface area contributed by atoms with E-state index in [9.17, 15) is 22.3 Å². The zero-order valence-corrected chi connectivity index (χ0v) is 19.4. The van der Waals surface area contributed by atoms with Crippen LogP contribution < -0.4 is 14.2 Å². The van der Waals surface area contributed by atoms with Crippen LogP contribution in [0.5, 0.6) is 11.5 Å². The third-order valence-corrected chi connectivity index (χ3v) is 8.12. The Morgan fingerprint density at radius 3 is 2.62 bits per heavy atom. The molecule has 1 aliphatic heterocycles. The third kappa shape index (κ3) is 4.54. The summed E-state index contributed by atoms with van der Waals surface area (Å²) in [5.41, 5.74) is 2.46. The second-order valence-corrected chi connectivity index (χ2v) is 10.7. The fourth-order valence-corrected chi connectivity index (χ4v) is 6.17. The van der Waals surface area contributed by atoms with E-state index in [0.29, 0.717) is 36.1 Å². The Hall–Kier alpha value is -2.56. The number of ether oxygens (including phenoxy) is 2. The molecule has 7 nitrogen and oxygen atoms in total. The summed E-state index contributed by atoms with van der Waals surface area (Å²) in [5.74, 6) is -0.0672. The molecule has 0 bridgehead atoms. The van der Waals surface area contributed by atoms with Gasteiger partial charge in [-0.25, -0.2) is 13.1 Å². The van der Waals surface area contributed by atoms with Crippen LogP contribution in [-0.4, -0.2) is 51.1 Å². The molecule has 3 unspecified atom stereocenters. The Balaban J connectivity index is 1.62. The number of hydrogen-bond acceptors (Lipinski definition) is 6. The number of aliphatic hydroxyl groups excluding tert-OH is 1. The van der Waals surface area contributed by atoms with Gasteiger partial charge >= 0.3 is 6.61 Å². The number of fused-ring (bicyclic) bond motifs is 3. The first-order valence-electron chi connectivity index (χ1n) is 11.3.